The lowest BCUT2D eigenvalue weighted by Gasteiger charge is -2.48. The monoisotopic (exact) mass is 435 g/mol. The second-order valence-electron chi connectivity index (χ2n) is 9.14. The zero-order valence-electron chi connectivity index (χ0n) is 18.2. The van der Waals surface area contributed by atoms with E-state index in [1.54, 1.807) is 6.07 Å². The number of piperidine rings is 2. The molecule has 0 saturated carbocycles. The summed E-state index contributed by atoms with van der Waals surface area (Å²) in [6.45, 7) is 3.33. The van der Waals surface area contributed by atoms with Crippen molar-refractivity contribution in [3.8, 4) is 11.5 Å². The molecule has 32 heavy (non-hydrogen) atoms. The fourth-order valence-electron chi connectivity index (χ4n) is 5.65. The zero-order chi connectivity index (χ0) is 22.4. The molecule has 3 heterocycles. The van der Waals surface area contributed by atoms with Gasteiger partial charge in [0.2, 0.25) is 5.91 Å². The number of rotatable bonds is 3. The van der Waals surface area contributed by atoms with Gasteiger partial charge in [0.15, 0.2) is 11.5 Å². The number of aromatic hydroxyl groups is 2. The molecule has 4 N–H and O–H groups in total. The van der Waals surface area contributed by atoms with E-state index in [-0.39, 0.29) is 41.3 Å². The molecular formula is C25H29N3O4. The minimum atomic E-state index is -0.445. The first kappa shape index (κ1) is 20.8. The number of carbonyl (C=O) groups excluding carboxylic acids is 2. The number of nitrogens with zero attached hydrogens (tertiary/aromatic N) is 1. The van der Waals surface area contributed by atoms with Gasteiger partial charge in [0.1, 0.15) is 0 Å². The van der Waals surface area contributed by atoms with Crippen molar-refractivity contribution >= 4 is 11.8 Å². The Bertz CT molecular complexity index is 1050. The third-order valence-corrected chi connectivity index (χ3v) is 7.27. The highest BCUT2D eigenvalue weighted by Gasteiger charge is 2.46. The van der Waals surface area contributed by atoms with E-state index < -0.39 is 11.7 Å². The second-order valence-corrected chi connectivity index (χ2v) is 9.14. The van der Waals surface area contributed by atoms with Gasteiger partial charge in [-0.1, -0.05) is 30.3 Å². The summed E-state index contributed by atoms with van der Waals surface area (Å²) in [5.41, 5.74) is 2.52. The van der Waals surface area contributed by atoms with Gasteiger partial charge in [-0.15, -0.1) is 0 Å². The first-order valence-corrected chi connectivity index (χ1v) is 11.4. The SMILES string of the molecule is C[C@@H](NC(=O)c1c(O)c(O)cc2c1[C@H]1C[C@@H]3NCCC[C@@H]3C(=O)N1CC2)c1ccccc1. The third-order valence-electron chi connectivity index (χ3n) is 7.27. The van der Waals surface area contributed by atoms with Crippen LogP contribution in [0, 0.1) is 5.92 Å². The predicted molar refractivity (Wildman–Crippen MR) is 119 cm³/mol. The van der Waals surface area contributed by atoms with Crippen molar-refractivity contribution in [3.63, 3.8) is 0 Å². The maximum atomic E-state index is 13.4. The Hall–Kier alpha value is -3.06. The van der Waals surface area contributed by atoms with Crippen LogP contribution in [0.4, 0.5) is 0 Å². The number of phenols is 2. The molecule has 0 spiro atoms. The third kappa shape index (κ3) is 3.41. The van der Waals surface area contributed by atoms with E-state index in [2.05, 4.69) is 10.6 Å². The highest BCUT2D eigenvalue weighted by molar-refractivity contribution is 6.00. The van der Waals surface area contributed by atoms with Crippen LogP contribution in [0.5, 0.6) is 11.5 Å². The minimum absolute atomic E-state index is 0.0253. The Morgan fingerprint density at radius 1 is 1.25 bits per heavy atom. The van der Waals surface area contributed by atoms with Gasteiger partial charge in [-0.3, -0.25) is 9.59 Å². The van der Waals surface area contributed by atoms with E-state index >= 15 is 0 Å². The van der Waals surface area contributed by atoms with E-state index in [9.17, 15) is 19.8 Å². The van der Waals surface area contributed by atoms with Gasteiger partial charge >= 0.3 is 0 Å². The van der Waals surface area contributed by atoms with Crippen molar-refractivity contribution in [2.45, 2.75) is 50.7 Å². The summed E-state index contributed by atoms with van der Waals surface area (Å²) in [5, 5.41) is 27.6. The quantitative estimate of drug-likeness (QED) is 0.556. The molecule has 3 aliphatic heterocycles. The van der Waals surface area contributed by atoms with Crippen molar-refractivity contribution < 1.29 is 19.8 Å². The zero-order valence-corrected chi connectivity index (χ0v) is 18.2. The maximum Gasteiger partial charge on any atom is 0.256 e. The molecule has 0 aliphatic carbocycles. The molecule has 4 atom stereocenters. The van der Waals surface area contributed by atoms with E-state index in [1.165, 1.54) is 0 Å². The van der Waals surface area contributed by atoms with Crippen LogP contribution in [-0.4, -0.2) is 46.1 Å². The van der Waals surface area contributed by atoms with E-state index in [0.29, 0.717) is 24.9 Å². The number of hydrogen-bond donors (Lipinski definition) is 4. The number of benzene rings is 2. The molecule has 0 aromatic heterocycles. The highest BCUT2D eigenvalue weighted by atomic mass is 16.3. The van der Waals surface area contributed by atoms with Gasteiger partial charge in [-0.25, -0.2) is 0 Å². The summed E-state index contributed by atoms with van der Waals surface area (Å²) in [5.74, 6) is -1.07. The average molecular weight is 436 g/mol. The summed E-state index contributed by atoms with van der Waals surface area (Å²) in [4.78, 5) is 28.6. The Morgan fingerprint density at radius 2 is 2.03 bits per heavy atom. The predicted octanol–water partition coefficient (Wildman–Crippen LogP) is 2.79. The maximum absolute atomic E-state index is 13.4. The first-order valence-electron chi connectivity index (χ1n) is 11.4. The Kier molecular flexibility index (Phi) is 5.29. The summed E-state index contributed by atoms with van der Waals surface area (Å²) in [6.07, 6.45) is 3.11. The van der Waals surface area contributed by atoms with Crippen LogP contribution in [0.15, 0.2) is 36.4 Å². The lowest BCUT2D eigenvalue weighted by molar-refractivity contribution is -0.145. The molecule has 168 valence electrons. The molecule has 5 rings (SSSR count). The Labute approximate surface area is 187 Å². The van der Waals surface area contributed by atoms with Crippen LogP contribution in [0.25, 0.3) is 0 Å². The number of fused-ring (bicyclic) bond motifs is 4. The first-order chi connectivity index (χ1) is 15.5. The van der Waals surface area contributed by atoms with Crippen LogP contribution < -0.4 is 10.6 Å². The number of nitrogens with one attached hydrogen (secondary N) is 2. The van der Waals surface area contributed by atoms with Crippen molar-refractivity contribution in [1.29, 1.82) is 0 Å². The topological polar surface area (TPSA) is 102 Å². The molecule has 2 amide bonds. The Balaban J connectivity index is 1.53. The Morgan fingerprint density at radius 3 is 2.81 bits per heavy atom. The number of phenolic OH excluding ortho intramolecular Hbond substituents is 2. The van der Waals surface area contributed by atoms with Gasteiger partial charge in [0.05, 0.1) is 23.6 Å². The average Bonchev–Trinajstić information content (AvgIpc) is 2.80. The van der Waals surface area contributed by atoms with Gasteiger partial charge in [0.25, 0.3) is 5.91 Å². The molecule has 0 radical (unpaired) electrons. The molecule has 3 aliphatic rings. The normalized spacial score (nSPS) is 25.3. The van der Waals surface area contributed by atoms with Crippen LogP contribution in [0.3, 0.4) is 0 Å². The number of carbonyl (C=O) groups is 2. The molecule has 2 aromatic carbocycles. The molecule has 0 bridgehead atoms. The van der Waals surface area contributed by atoms with Crippen LogP contribution in [-0.2, 0) is 11.2 Å². The van der Waals surface area contributed by atoms with Crippen molar-refractivity contribution in [2.75, 3.05) is 13.1 Å². The second kappa shape index (κ2) is 8.13. The molecule has 2 saturated heterocycles. The minimum Gasteiger partial charge on any atom is -0.504 e. The van der Waals surface area contributed by atoms with Gasteiger partial charge in [-0.05, 0) is 61.9 Å². The number of amides is 2. The number of hydrogen-bond acceptors (Lipinski definition) is 5. The summed E-state index contributed by atoms with van der Waals surface area (Å²) >= 11 is 0. The van der Waals surface area contributed by atoms with E-state index in [1.807, 2.05) is 42.2 Å². The lowest BCUT2D eigenvalue weighted by atomic mass is 9.75. The van der Waals surface area contributed by atoms with Gasteiger partial charge in [-0.2, -0.15) is 0 Å². The van der Waals surface area contributed by atoms with E-state index in [4.69, 9.17) is 0 Å². The fraction of sp³-hybridized carbons (Fsp3) is 0.440. The van der Waals surface area contributed by atoms with Gasteiger partial charge < -0.3 is 25.7 Å². The van der Waals surface area contributed by atoms with Crippen molar-refractivity contribution in [2.24, 2.45) is 5.92 Å². The van der Waals surface area contributed by atoms with Gasteiger partial charge in [0, 0.05) is 12.6 Å². The molecule has 2 aromatic rings. The highest BCUT2D eigenvalue weighted by Crippen LogP contribution is 2.46. The molecule has 0 unspecified atom stereocenters. The van der Waals surface area contributed by atoms with E-state index in [0.717, 1.165) is 30.5 Å². The summed E-state index contributed by atoms with van der Waals surface area (Å²) in [7, 11) is 0. The smallest absolute Gasteiger partial charge is 0.256 e. The lowest BCUT2D eigenvalue weighted by Crippen LogP contribution is -2.58. The summed E-state index contributed by atoms with van der Waals surface area (Å²) in [6, 6.07) is 10.6. The molecule has 7 heteroatoms. The van der Waals surface area contributed by atoms with Crippen LogP contribution in [0.2, 0.25) is 0 Å². The van der Waals surface area contributed by atoms with Crippen molar-refractivity contribution in [1.82, 2.24) is 15.5 Å². The summed E-state index contributed by atoms with van der Waals surface area (Å²) < 4.78 is 0. The largest absolute Gasteiger partial charge is 0.504 e. The molecule has 7 nitrogen and oxygen atoms in total. The molecular weight excluding hydrogens is 406 g/mol. The van der Waals surface area contributed by atoms with Crippen LogP contribution in [0.1, 0.15) is 65.3 Å². The fourth-order valence-corrected chi connectivity index (χ4v) is 5.65. The van der Waals surface area contributed by atoms with Crippen LogP contribution >= 0.6 is 0 Å². The standard InChI is InChI=1S/C25H29N3O4/c1-14(15-6-3-2-4-7-15)27-24(31)22-21-16(12-20(29)23(22)30)9-11-28-19(21)13-18-17(25(28)32)8-5-10-26-18/h2-4,6-7,12,14,17-19,26,29-30H,5,8-11,13H2,1H3,(H,27,31)/t14-,17+,18+,19-/m1/s1. The van der Waals surface area contributed by atoms with Crippen molar-refractivity contribution in [3.05, 3.63) is 58.7 Å². The molecule has 2 fully saturated rings.